The van der Waals surface area contributed by atoms with E-state index < -0.39 is 0 Å². The standard InChI is InChI=1S/C15H28N2O2/c1-13(2)11-15(18)17-8-6-16(7-9-17)5-3-14-4-10-19-12-14/h13-14H,3-12H2,1-2H3/t14-/m1/s1. The maximum Gasteiger partial charge on any atom is 0.222 e. The molecular formula is C15H28N2O2. The Labute approximate surface area is 117 Å². The number of piperazine rings is 1. The SMILES string of the molecule is CC(C)CC(=O)N1CCN(CC[C@@H]2CCOC2)CC1. The van der Waals surface area contributed by atoms with Crippen molar-refractivity contribution in [3.05, 3.63) is 0 Å². The molecule has 0 aromatic carbocycles. The number of ether oxygens (including phenoxy) is 1. The van der Waals surface area contributed by atoms with Crippen LogP contribution in [0.2, 0.25) is 0 Å². The lowest BCUT2D eigenvalue weighted by atomic mass is 10.0. The molecule has 0 radical (unpaired) electrons. The molecule has 0 aromatic heterocycles. The van der Waals surface area contributed by atoms with Crippen LogP contribution in [0.5, 0.6) is 0 Å². The molecule has 2 aliphatic heterocycles. The molecule has 2 fully saturated rings. The third-order valence-electron chi connectivity index (χ3n) is 4.19. The van der Waals surface area contributed by atoms with Gasteiger partial charge in [0.2, 0.25) is 5.91 Å². The maximum atomic E-state index is 12.0. The minimum absolute atomic E-state index is 0.332. The molecule has 4 heteroatoms. The van der Waals surface area contributed by atoms with Crippen molar-refractivity contribution < 1.29 is 9.53 Å². The van der Waals surface area contributed by atoms with Gasteiger partial charge in [-0.2, -0.15) is 0 Å². The topological polar surface area (TPSA) is 32.8 Å². The first-order chi connectivity index (χ1) is 9.15. The third kappa shape index (κ3) is 4.77. The average Bonchev–Trinajstić information content (AvgIpc) is 2.89. The van der Waals surface area contributed by atoms with Crippen molar-refractivity contribution in [2.45, 2.75) is 33.1 Å². The predicted molar refractivity (Wildman–Crippen MR) is 76.0 cm³/mol. The van der Waals surface area contributed by atoms with Gasteiger partial charge in [-0.25, -0.2) is 0 Å². The zero-order valence-electron chi connectivity index (χ0n) is 12.4. The van der Waals surface area contributed by atoms with Gasteiger partial charge in [-0.15, -0.1) is 0 Å². The van der Waals surface area contributed by atoms with Crippen molar-refractivity contribution in [1.29, 1.82) is 0 Å². The van der Waals surface area contributed by atoms with Gasteiger partial charge in [0.1, 0.15) is 0 Å². The summed E-state index contributed by atoms with van der Waals surface area (Å²) < 4.78 is 5.41. The molecule has 2 rings (SSSR count). The smallest absolute Gasteiger partial charge is 0.222 e. The van der Waals surface area contributed by atoms with Gasteiger partial charge in [0.25, 0.3) is 0 Å². The highest BCUT2D eigenvalue weighted by Gasteiger charge is 2.22. The van der Waals surface area contributed by atoms with Gasteiger partial charge in [-0.1, -0.05) is 13.8 Å². The Morgan fingerprint density at radius 2 is 2.00 bits per heavy atom. The van der Waals surface area contributed by atoms with Crippen molar-refractivity contribution in [2.24, 2.45) is 11.8 Å². The third-order valence-corrected chi connectivity index (χ3v) is 4.19. The van der Waals surface area contributed by atoms with Crippen LogP contribution in [0.3, 0.4) is 0 Å². The summed E-state index contributed by atoms with van der Waals surface area (Å²) in [7, 11) is 0. The molecule has 0 saturated carbocycles. The lowest BCUT2D eigenvalue weighted by Crippen LogP contribution is -2.49. The van der Waals surface area contributed by atoms with E-state index >= 15 is 0 Å². The summed E-state index contributed by atoms with van der Waals surface area (Å²) in [6, 6.07) is 0. The van der Waals surface area contributed by atoms with Gasteiger partial charge in [-0.05, 0) is 31.2 Å². The minimum atomic E-state index is 0.332. The fourth-order valence-electron chi connectivity index (χ4n) is 2.88. The number of hydrogen-bond donors (Lipinski definition) is 0. The normalized spacial score (nSPS) is 25.2. The predicted octanol–water partition coefficient (Wildman–Crippen LogP) is 1.60. The summed E-state index contributed by atoms with van der Waals surface area (Å²) in [6.07, 6.45) is 3.17. The Balaban J connectivity index is 1.63. The molecule has 2 heterocycles. The molecule has 0 bridgehead atoms. The molecule has 0 N–H and O–H groups in total. The van der Waals surface area contributed by atoms with Crippen LogP contribution >= 0.6 is 0 Å². The number of carbonyl (C=O) groups is 1. The summed E-state index contributed by atoms with van der Waals surface area (Å²) in [5, 5.41) is 0. The first-order valence-corrected chi connectivity index (χ1v) is 7.73. The molecule has 0 spiro atoms. The van der Waals surface area contributed by atoms with E-state index in [-0.39, 0.29) is 0 Å². The van der Waals surface area contributed by atoms with Gasteiger partial charge in [0, 0.05) is 45.8 Å². The Bertz CT molecular complexity index is 280. The van der Waals surface area contributed by atoms with Gasteiger partial charge in [0.05, 0.1) is 0 Å². The van der Waals surface area contributed by atoms with Gasteiger partial charge in [0.15, 0.2) is 0 Å². The summed E-state index contributed by atoms with van der Waals surface area (Å²) in [4.78, 5) is 16.5. The number of hydrogen-bond acceptors (Lipinski definition) is 3. The second-order valence-corrected chi connectivity index (χ2v) is 6.34. The molecule has 1 amide bonds. The van der Waals surface area contributed by atoms with E-state index in [1.54, 1.807) is 0 Å². The highest BCUT2D eigenvalue weighted by Crippen LogP contribution is 2.17. The zero-order valence-corrected chi connectivity index (χ0v) is 12.4. The molecule has 19 heavy (non-hydrogen) atoms. The van der Waals surface area contributed by atoms with Crippen LogP contribution in [-0.4, -0.2) is 61.6 Å². The lowest BCUT2D eigenvalue weighted by Gasteiger charge is -2.35. The number of rotatable bonds is 5. The first kappa shape index (κ1) is 14.8. The fraction of sp³-hybridized carbons (Fsp3) is 0.933. The van der Waals surface area contributed by atoms with Crippen LogP contribution in [0, 0.1) is 11.8 Å². The van der Waals surface area contributed by atoms with E-state index in [0.29, 0.717) is 18.2 Å². The van der Waals surface area contributed by atoms with E-state index in [1.807, 2.05) is 4.90 Å². The van der Waals surface area contributed by atoms with E-state index in [1.165, 1.54) is 19.4 Å². The van der Waals surface area contributed by atoms with E-state index in [2.05, 4.69) is 18.7 Å². The Kier molecular flexibility index (Phi) is 5.64. The monoisotopic (exact) mass is 268 g/mol. The second-order valence-electron chi connectivity index (χ2n) is 6.34. The Morgan fingerprint density at radius 3 is 2.58 bits per heavy atom. The number of amides is 1. The molecule has 110 valence electrons. The van der Waals surface area contributed by atoms with Crippen molar-refractivity contribution in [3.63, 3.8) is 0 Å². The molecule has 0 unspecified atom stereocenters. The summed E-state index contributed by atoms with van der Waals surface area (Å²) >= 11 is 0. The Hall–Kier alpha value is -0.610. The second kappa shape index (κ2) is 7.25. The van der Waals surface area contributed by atoms with Crippen molar-refractivity contribution in [2.75, 3.05) is 45.9 Å². The van der Waals surface area contributed by atoms with Gasteiger partial charge in [-0.3, -0.25) is 9.69 Å². The fourth-order valence-corrected chi connectivity index (χ4v) is 2.88. The van der Waals surface area contributed by atoms with Crippen LogP contribution < -0.4 is 0 Å². The van der Waals surface area contributed by atoms with E-state index in [4.69, 9.17) is 4.74 Å². The quantitative estimate of drug-likeness (QED) is 0.759. The first-order valence-electron chi connectivity index (χ1n) is 7.73. The van der Waals surface area contributed by atoms with Crippen LogP contribution in [0.1, 0.15) is 33.1 Å². The van der Waals surface area contributed by atoms with Crippen LogP contribution in [0.15, 0.2) is 0 Å². The van der Waals surface area contributed by atoms with Crippen LogP contribution in [-0.2, 0) is 9.53 Å². The molecule has 0 aromatic rings. The molecule has 2 aliphatic rings. The number of nitrogens with zero attached hydrogens (tertiary/aromatic N) is 2. The molecule has 2 saturated heterocycles. The van der Waals surface area contributed by atoms with Crippen LogP contribution in [0.25, 0.3) is 0 Å². The highest BCUT2D eigenvalue weighted by molar-refractivity contribution is 5.76. The van der Waals surface area contributed by atoms with Crippen molar-refractivity contribution >= 4 is 5.91 Å². The van der Waals surface area contributed by atoms with Crippen molar-refractivity contribution in [3.8, 4) is 0 Å². The average molecular weight is 268 g/mol. The molecule has 0 aliphatic carbocycles. The number of carbonyl (C=O) groups excluding carboxylic acids is 1. The summed E-state index contributed by atoms with van der Waals surface area (Å²) in [5.41, 5.74) is 0. The lowest BCUT2D eigenvalue weighted by molar-refractivity contribution is -0.133. The molecule has 1 atom stereocenters. The summed E-state index contributed by atoms with van der Waals surface area (Å²) in [5.74, 6) is 1.56. The van der Waals surface area contributed by atoms with Crippen LogP contribution in [0.4, 0.5) is 0 Å². The zero-order chi connectivity index (χ0) is 13.7. The van der Waals surface area contributed by atoms with Gasteiger partial charge >= 0.3 is 0 Å². The Morgan fingerprint density at radius 1 is 1.26 bits per heavy atom. The largest absolute Gasteiger partial charge is 0.381 e. The van der Waals surface area contributed by atoms with Crippen molar-refractivity contribution in [1.82, 2.24) is 9.80 Å². The molecule has 4 nitrogen and oxygen atoms in total. The molecular weight excluding hydrogens is 240 g/mol. The van der Waals surface area contributed by atoms with E-state index in [0.717, 1.165) is 45.3 Å². The summed E-state index contributed by atoms with van der Waals surface area (Å²) in [6.45, 7) is 11.2. The van der Waals surface area contributed by atoms with Gasteiger partial charge < -0.3 is 9.64 Å². The minimum Gasteiger partial charge on any atom is -0.381 e. The highest BCUT2D eigenvalue weighted by atomic mass is 16.5. The van der Waals surface area contributed by atoms with E-state index in [9.17, 15) is 4.79 Å². The maximum absolute atomic E-state index is 12.0.